The fourth-order valence-corrected chi connectivity index (χ4v) is 2.27. The number of amides is 2. The van der Waals surface area contributed by atoms with Gasteiger partial charge in [-0.3, -0.25) is 9.59 Å². The Kier molecular flexibility index (Phi) is 3.65. The minimum absolute atomic E-state index is 0.0985. The van der Waals surface area contributed by atoms with Crippen molar-refractivity contribution in [1.82, 2.24) is 5.32 Å². The average molecular weight is 246 g/mol. The number of carbonyl (C=O) groups is 2. The zero-order chi connectivity index (χ0) is 13.1. The SMILES string of the molecule is CCc1ccc(N2CCC(C(=O)NC)C2=O)cc1. The third-order valence-electron chi connectivity index (χ3n) is 3.42. The highest BCUT2D eigenvalue weighted by Crippen LogP contribution is 2.25. The maximum atomic E-state index is 12.1. The van der Waals surface area contributed by atoms with Crippen LogP contribution in [0.1, 0.15) is 18.9 Å². The number of hydrogen-bond donors (Lipinski definition) is 1. The van der Waals surface area contributed by atoms with Gasteiger partial charge in [-0.15, -0.1) is 0 Å². The summed E-state index contributed by atoms with van der Waals surface area (Å²) >= 11 is 0. The number of carbonyl (C=O) groups excluding carboxylic acids is 2. The van der Waals surface area contributed by atoms with Crippen molar-refractivity contribution < 1.29 is 9.59 Å². The second kappa shape index (κ2) is 5.21. The van der Waals surface area contributed by atoms with Crippen LogP contribution >= 0.6 is 0 Å². The van der Waals surface area contributed by atoms with E-state index in [0.29, 0.717) is 13.0 Å². The lowest BCUT2D eigenvalue weighted by molar-refractivity contribution is -0.131. The first-order valence-corrected chi connectivity index (χ1v) is 6.29. The van der Waals surface area contributed by atoms with E-state index in [1.165, 1.54) is 5.56 Å². The van der Waals surface area contributed by atoms with E-state index in [1.807, 2.05) is 24.3 Å². The van der Waals surface area contributed by atoms with Crippen LogP contribution in [0.25, 0.3) is 0 Å². The molecule has 18 heavy (non-hydrogen) atoms. The van der Waals surface area contributed by atoms with Crippen molar-refractivity contribution in [3.05, 3.63) is 29.8 Å². The molecule has 1 aliphatic rings. The Bertz CT molecular complexity index is 453. The van der Waals surface area contributed by atoms with Gasteiger partial charge in [0.2, 0.25) is 11.8 Å². The Hall–Kier alpha value is -1.84. The Balaban J connectivity index is 2.15. The van der Waals surface area contributed by atoms with Gasteiger partial charge in [0.25, 0.3) is 0 Å². The number of aryl methyl sites for hydroxylation is 1. The van der Waals surface area contributed by atoms with Crippen molar-refractivity contribution >= 4 is 17.5 Å². The molecule has 0 aromatic heterocycles. The molecular weight excluding hydrogens is 228 g/mol. The summed E-state index contributed by atoms with van der Waals surface area (Å²) in [7, 11) is 1.56. The van der Waals surface area contributed by atoms with Crippen LogP contribution in [0.2, 0.25) is 0 Å². The van der Waals surface area contributed by atoms with Crippen molar-refractivity contribution in [2.45, 2.75) is 19.8 Å². The molecule has 1 saturated heterocycles. The van der Waals surface area contributed by atoms with Gasteiger partial charge in [-0.2, -0.15) is 0 Å². The first-order valence-electron chi connectivity index (χ1n) is 6.29. The Morgan fingerprint density at radius 2 is 2.06 bits per heavy atom. The van der Waals surface area contributed by atoms with Gasteiger partial charge in [-0.05, 0) is 30.5 Å². The zero-order valence-electron chi connectivity index (χ0n) is 10.8. The average Bonchev–Trinajstić information content (AvgIpc) is 2.80. The minimum atomic E-state index is -0.527. The third kappa shape index (κ3) is 2.23. The van der Waals surface area contributed by atoms with Crippen LogP contribution in [-0.4, -0.2) is 25.4 Å². The van der Waals surface area contributed by atoms with Gasteiger partial charge in [-0.25, -0.2) is 0 Å². The van der Waals surface area contributed by atoms with Crippen molar-refractivity contribution in [3.8, 4) is 0 Å². The molecule has 1 heterocycles. The number of rotatable bonds is 3. The summed E-state index contributed by atoms with van der Waals surface area (Å²) < 4.78 is 0. The van der Waals surface area contributed by atoms with Gasteiger partial charge in [0.05, 0.1) is 0 Å². The van der Waals surface area contributed by atoms with Crippen molar-refractivity contribution in [2.75, 3.05) is 18.5 Å². The molecule has 0 spiro atoms. The van der Waals surface area contributed by atoms with Crippen LogP contribution < -0.4 is 10.2 Å². The van der Waals surface area contributed by atoms with Gasteiger partial charge < -0.3 is 10.2 Å². The molecule has 2 rings (SSSR count). The first kappa shape index (κ1) is 12.6. The molecule has 0 bridgehead atoms. The molecule has 4 heteroatoms. The highest BCUT2D eigenvalue weighted by Gasteiger charge is 2.36. The van der Waals surface area contributed by atoms with E-state index in [0.717, 1.165) is 12.1 Å². The zero-order valence-corrected chi connectivity index (χ0v) is 10.8. The number of benzene rings is 1. The molecule has 0 radical (unpaired) electrons. The fourth-order valence-electron chi connectivity index (χ4n) is 2.27. The molecule has 0 aliphatic carbocycles. The Labute approximate surface area is 107 Å². The topological polar surface area (TPSA) is 49.4 Å². The van der Waals surface area contributed by atoms with Crippen LogP contribution in [0, 0.1) is 5.92 Å². The van der Waals surface area contributed by atoms with Gasteiger partial charge in [-0.1, -0.05) is 19.1 Å². The van der Waals surface area contributed by atoms with Gasteiger partial charge in [0.1, 0.15) is 5.92 Å². The molecule has 2 amide bonds. The van der Waals surface area contributed by atoms with Crippen molar-refractivity contribution in [2.24, 2.45) is 5.92 Å². The van der Waals surface area contributed by atoms with Crippen LogP contribution in [0.5, 0.6) is 0 Å². The Morgan fingerprint density at radius 3 is 2.61 bits per heavy atom. The lowest BCUT2D eigenvalue weighted by Gasteiger charge is -2.16. The van der Waals surface area contributed by atoms with E-state index < -0.39 is 5.92 Å². The summed E-state index contributed by atoms with van der Waals surface area (Å²) in [4.78, 5) is 25.4. The predicted molar refractivity (Wildman–Crippen MR) is 70.3 cm³/mol. The molecule has 96 valence electrons. The number of anilines is 1. The summed E-state index contributed by atoms with van der Waals surface area (Å²) in [6.45, 7) is 2.71. The predicted octanol–water partition coefficient (Wildman–Crippen LogP) is 1.35. The number of nitrogens with one attached hydrogen (secondary N) is 1. The van der Waals surface area contributed by atoms with Crippen molar-refractivity contribution in [1.29, 1.82) is 0 Å². The molecule has 1 unspecified atom stereocenters. The maximum Gasteiger partial charge on any atom is 0.239 e. The highest BCUT2D eigenvalue weighted by molar-refractivity contribution is 6.09. The molecular formula is C14H18N2O2. The summed E-state index contributed by atoms with van der Waals surface area (Å²) in [5, 5.41) is 2.54. The monoisotopic (exact) mass is 246 g/mol. The van der Waals surface area contributed by atoms with Crippen LogP contribution in [-0.2, 0) is 16.0 Å². The summed E-state index contributed by atoms with van der Waals surface area (Å²) in [5.74, 6) is -0.813. The molecule has 1 aromatic carbocycles. The van der Waals surface area contributed by atoms with E-state index in [-0.39, 0.29) is 11.8 Å². The van der Waals surface area contributed by atoms with Crippen LogP contribution in [0.3, 0.4) is 0 Å². The molecule has 1 aromatic rings. The maximum absolute atomic E-state index is 12.1. The van der Waals surface area contributed by atoms with E-state index in [4.69, 9.17) is 0 Å². The number of hydrogen-bond acceptors (Lipinski definition) is 2. The normalized spacial score (nSPS) is 19.1. The van der Waals surface area contributed by atoms with Gasteiger partial charge in [0, 0.05) is 19.3 Å². The molecule has 1 N–H and O–H groups in total. The van der Waals surface area contributed by atoms with E-state index in [1.54, 1.807) is 11.9 Å². The lowest BCUT2D eigenvalue weighted by Crippen LogP contribution is -2.35. The van der Waals surface area contributed by atoms with E-state index in [2.05, 4.69) is 12.2 Å². The Morgan fingerprint density at radius 1 is 1.39 bits per heavy atom. The van der Waals surface area contributed by atoms with E-state index >= 15 is 0 Å². The lowest BCUT2D eigenvalue weighted by atomic mass is 10.1. The molecule has 0 saturated carbocycles. The molecule has 1 aliphatic heterocycles. The standard InChI is InChI=1S/C14H18N2O2/c1-3-10-4-6-11(7-5-10)16-9-8-12(14(16)18)13(17)15-2/h4-7,12H,3,8-9H2,1-2H3,(H,15,17). The summed E-state index contributed by atoms with van der Waals surface area (Å²) in [5.41, 5.74) is 2.12. The fraction of sp³-hybridized carbons (Fsp3) is 0.429. The van der Waals surface area contributed by atoms with Crippen LogP contribution in [0.15, 0.2) is 24.3 Å². The summed E-state index contributed by atoms with van der Waals surface area (Å²) in [6.07, 6.45) is 1.57. The number of nitrogens with zero attached hydrogens (tertiary/aromatic N) is 1. The van der Waals surface area contributed by atoms with Crippen molar-refractivity contribution in [3.63, 3.8) is 0 Å². The molecule has 4 nitrogen and oxygen atoms in total. The smallest absolute Gasteiger partial charge is 0.239 e. The molecule has 1 atom stereocenters. The quantitative estimate of drug-likeness (QED) is 0.818. The minimum Gasteiger partial charge on any atom is -0.358 e. The van der Waals surface area contributed by atoms with E-state index in [9.17, 15) is 9.59 Å². The second-order valence-electron chi connectivity index (χ2n) is 4.47. The second-order valence-corrected chi connectivity index (χ2v) is 4.47. The third-order valence-corrected chi connectivity index (χ3v) is 3.42. The first-order chi connectivity index (χ1) is 8.67. The highest BCUT2D eigenvalue weighted by atomic mass is 16.2. The van der Waals surface area contributed by atoms with Gasteiger partial charge in [0.15, 0.2) is 0 Å². The largest absolute Gasteiger partial charge is 0.358 e. The summed E-state index contributed by atoms with van der Waals surface area (Å²) in [6, 6.07) is 7.94. The van der Waals surface area contributed by atoms with Gasteiger partial charge >= 0.3 is 0 Å². The molecule has 1 fully saturated rings. The van der Waals surface area contributed by atoms with Crippen LogP contribution in [0.4, 0.5) is 5.69 Å².